The molecule has 0 bridgehead atoms. The molecule has 25 heavy (non-hydrogen) atoms. The second-order valence-corrected chi connectivity index (χ2v) is 9.45. The highest BCUT2D eigenvalue weighted by molar-refractivity contribution is 5.14. The lowest BCUT2D eigenvalue weighted by Gasteiger charge is -2.65. The predicted molar refractivity (Wildman–Crippen MR) is 94.7 cm³/mol. The third-order valence-electron chi connectivity index (χ3n) is 8.32. The average Bonchev–Trinajstić information content (AvgIpc) is 2.76. The molecule has 3 aliphatic rings. The highest BCUT2D eigenvalue weighted by atomic mass is 16.6. The quantitative estimate of drug-likeness (QED) is 0.608. The fourth-order valence-electron chi connectivity index (χ4n) is 6.60. The Morgan fingerprint density at radius 2 is 1.72 bits per heavy atom. The number of ether oxygens (including phenoxy) is 1. The van der Waals surface area contributed by atoms with Gasteiger partial charge >= 0.3 is 0 Å². The lowest BCUT2D eigenvalue weighted by atomic mass is 9.43. The minimum atomic E-state index is -0.857. The van der Waals surface area contributed by atoms with Crippen LogP contribution < -0.4 is 0 Å². The molecule has 1 aliphatic heterocycles. The summed E-state index contributed by atoms with van der Waals surface area (Å²) in [5.74, 6) is 0.533. The predicted octanol–water partition coefficient (Wildman–Crippen LogP) is 2.06. The fraction of sp³-hybridized carbons (Fsp3) is 1.00. The second kappa shape index (κ2) is 6.75. The first-order chi connectivity index (χ1) is 11.7. The summed E-state index contributed by atoms with van der Waals surface area (Å²) in [6, 6.07) is 0. The number of fused-ring (bicyclic) bond motifs is 2. The zero-order valence-electron chi connectivity index (χ0n) is 15.9. The van der Waals surface area contributed by atoms with Crippen molar-refractivity contribution in [3.05, 3.63) is 0 Å². The molecule has 0 aromatic rings. The highest BCUT2D eigenvalue weighted by Gasteiger charge is 2.66. The van der Waals surface area contributed by atoms with Gasteiger partial charge in [-0.15, -0.1) is 0 Å². The molecule has 1 spiro atoms. The minimum absolute atomic E-state index is 0.0271. The summed E-state index contributed by atoms with van der Waals surface area (Å²) < 4.78 is 6.41. The maximum absolute atomic E-state index is 10.6. The van der Waals surface area contributed by atoms with Crippen LogP contribution in [-0.2, 0) is 4.74 Å². The number of aliphatic hydroxyl groups excluding tert-OH is 4. The van der Waals surface area contributed by atoms with Crippen molar-refractivity contribution < 1.29 is 25.2 Å². The van der Waals surface area contributed by atoms with E-state index < -0.39 is 23.4 Å². The van der Waals surface area contributed by atoms with E-state index in [2.05, 4.69) is 13.8 Å². The van der Waals surface area contributed by atoms with Crippen LogP contribution in [0.5, 0.6) is 0 Å². The van der Waals surface area contributed by atoms with Gasteiger partial charge in [0.2, 0.25) is 0 Å². The zero-order valence-corrected chi connectivity index (χ0v) is 15.9. The molecule has 8 atom stereocenters. The van der Waals surface area contributed by atoms with Gasteiger partial charge in [-0.1, -0.05) is 20.8 Å². The molecular formula is C20H36O5. The molecule has 3 fully saturated rings. The SMILES string of the molecule is C[C@H]1CC[C@@H]2[C@](C)(CCC(O)[C@@]2(C)CO)[C@@]12CC[C@H](CO)CC(O)O2. The Morgan fingerprint density at radius 1 is 1.00 bits per heavy atom. The Morgan fingerprint density at radius 3 is 2.36 bits per heavy atom. The van der Waals surface area contributed by atoms with E-state index in [1.54, 1.807) is 0 Å². The standard InChI is InChI=1S/C20H36O5/c1-13-4-5-15-18(2,12-22)16(23)7-8-19(15,3)20(13)9-6-14(11-21)10-17(24)25-20/h13-17,21-24H,4-12H2,1-3H3/t13-,14-,15-,16?,17?,18-,19-,20+/m0/s1. The molecule has 1 saturated heterocycles. The molecule has 3 rings (SSSR count). The van der Waals surface area contributed by atoms with Crippen LogP contribution in [0, 0.1) is 28.6 Å². The van der Waals surface area contributed by atoms with Crippen molar-refractivity contribution in [1.29, 1.82) is 0 Å². The van der Waals surface area contributed by atoms with Gasteiger partial charge in [0.1, 0.15) is 0 Å². The number of hydrogen-bond acceptors (Lipinski definition) is 5. The summed E-state index contributed by atoms with van der Waals surface area (Å²) in [5.41, 5.74) is -1.19. The van der Waals surface area contributed by atoms with Gasteiger partial charge < -0.3 is 25.2 Å². The van der Waals surface area contributed by atoms with E-state index in [1.165, 1.54) is 0 Å². The number of aliphatic hydroxyl groups is 4. The molecule has 1 heterocycles. The van der Waals surface area contributed by atoms with Crippen LogP contribution >= 0.6 is 0 Å². The Balaban J connectivity index is 2.03. The van der Waals surface area contributed by atoms with E-state index in [0.29, 0.717) is 18.8 Å². The smallest absolute Gasteiger partial charge is 0.155 e. The average molecular weight is 357 g/mol. The van der Waals surface area contributed by atoms with Gasteiger partial charge in [-0.3, -0.25) is 0 Å². The van der Waals surface area contributed by atoms with Crippen molar-refractivity contribution >= 4 is 0 Å². The van der Waals surface area contributed by atoms with Gasteiger partial charge in [-0.05, 0) is 56.3 Å². The van der Waals surface area contributed by atoms with Crippen molar-refractivity contribution in [1.82, 2.24) is 0 Å². The Labute approximate surface area is 151 Å². The third kappa shape index (κ3) is 2.78. The van der Waals surface area contributed by atoms with Crippen molar-refractivity contribution in [2.45, 2.75) is 83.7 Å². The zero-order chi connectivity index (χ0) is 18.5. The lowest BCUT2D eigenvalue weighted by molar-refractivity contribution is -0.300. The first kappa shape index (κ1) is 19.6. The number of rotatable bonds is 2. The van der Waals surface area contributed by atoms with E-state index >= 15 is 0 Å². The minimum Gasteiger partial charge on any atom is -0.396 e. The Hall–Kier alpha value is -0.200. The first-order valence-electron chi connectivity index (χ1n) is 9.99. The van der Waals surface area contributed by atoms with Crippen LogP contribution in [-0.4, -0.2) is 51.6 Å². The monoisotopic (exact) mass is 356 g/mol. The summed E-state index contributed by atoms with van der Waals surface area (Å²) in [6.07, 6.45) is 4.23. The fourth-order valence-corrected chi connectivity index (χ4v) is 6.60. The molecule has 0 radical (unpaired) electrons. The molecule has 0 aromatic heterocycles. The van der Waals surface area contributed by atoms with Crippen molar-refractivity contribution in [3.8, 4) is 0 Å². The molecule has 146 valence electrons. The van der Waals surface area contributed by atoms with Crippen LogP contribution in [0.4, 0.5) is 0 Å². The lowest BCUT2D eigenvalue weighted by Crippen LogP contribution is -2.67. The van der Waals surface area contributed by atoms with Crippen molar-refractivity contribution in [2.75, 3.05) is 13.2 Å². The molecule has 2 saturated carbocycles. The van der Waals surface area contributed by atoms with Crippen molar-refractivity contribution in [3.63, 3.8) is 0 Å². The van der Waals surface area contributed by atoms with Gasteiger partial charge in [0.25, 0.3) is 0 Å². The normalized spacial score (nSPS) is 54.1. The Bertz CT molecular complexity index is 485. The van der Waals surface area contributed by atoms with Crippen LogP contribution in [0.2, 0.25) is 0 Å². The van der Waals surface area contributed by atoms with E-state index in [0.717, 1.165) is 32.1 Å². The summed E-state index contributed by atoms with van der Waals surface area (Å²) >= 11 is 0. The molecule has 4 N–H and O–H groups in total. The molecule has 0 amide bonds. The molecule has 5 nitrogen and oxygen atoms in total. The van der Waals surface area contributed by atoms with E-state index in [4.69, 9.17) is 4.74 Å². The second-order valence-electron chi connectivity index (χ2n) is 9.45. The topological polar surface area (TPSA) is 90.2 Å². The summed E-state index contributed by atoms with van der Waals surface area (Å²) in [7, 11) is 0. The maximum atomic E-state index is 10.6. The molecular weight excluding hydrogens is 320 g/mol. The van der Waals surface area contributed by atoms with Crippen molar-refractivity contribution in [2.24, 2.45) is 28.6 Å². The largest absolute Gasteiger partial charge is 0.396 e. The summed E-state index contributed by atoms with van der Waals surface area (Å²) in [5, 5.41) is 40.9. The third-order valence-corrected chi connectivity index (χ3v) is 8.32. The highest BCUT2D eigenvalue weighted by Crippen LogP contribution is 2.65. The van der Waals surface area contributed by atoms with Crippen LogP contribution in [0.1, 0.15) is 65.7 Å². The Kier molecular flexibility index (Phi) is 5.28. The molecule has 0 aromatic carbocycles. The van der Waals surface area contributed by atoms with E-state index in [-0.39, 0.29) is 30.5 Å². The van der Waals surface area contributed by atoms with Gasteiger partial charge in [-0.2, -0.15) is 0 Å². The maximum Gasteiger partial charge on any atom is 0.155 e. The van der Waals surface area contributed by atoms with Crippen LogP contribution in [0.3, 0.4) is 0 Å². The summed E-state index contributed by atoms with van der Waals surface area (Å²) in [4.78, 5) is 0. The van der Waals surface area contributed by atoms with Gasteiger partial charge in [0.15, 0.2) is 6.29 Å². The summed E-state index contributed by atoms with van der Waals surface area (Å²) in [6.45, 7) is 6.53. The first-order valence-corrected chi connectivity index (χ1v) is 9.99. The van der Waals surface area contributed by atoms with Gasteiger partial charge in [-0.25, -0.2) is 0 Å². The molecule has 2 aliphatic carbocycles. The van der Waals surface area contributed by atoms with Gasteiger partial charge in [0.05, 0.1) is 18.3 Å². The number of hydrogen-bond donors (Lipinski definition) is 4. The van der Waals surface area contributed by atoms with Crippen LogP contribution in [0.15, 0.2) is 0 Å². The molecule has 2 unspecified atom stereocenters. The van der Waals surface area contributed by atoms with E-state index in [9.17, 15) is 20.4 Å². The van der Waals surface area contributed by atoms with Gasteiger partial charge in [0, 0.05) is 23.9 Å². The van der Waals surface area contributed by atoms with E-state index in [1.807, 2.05) is 6.92 Å². The molecule has 5 heteroatoms. The van der Waals surface area contributed by atoms with Crippen LogP contribution in [0.25, 0.3) is 0 Å².